The molecule has 1 aromatic carbocycles. The van der Waals surface area contributed by atoms with Gasteiger partial charge in [0.2, 0.25) is 0 Å². The fourth-order valence-corrected chi connectivity index (χ4v) is 4.84. The van der Waals surface area contributed by atoms with Crippen LogP contribution in [0.3, 0.4) is 0 Å². The third-order valence-corrected chi connectivity index (χ3v) is 5.94. The zero-order valence-electron chi connectivity index (χ0n) is 11.4. The Morgan fingerprint density at radius 3 is 2.90 bits per heavy atom. The number of nitrogens with zero attached hydrogens (tertiary/aromatic N) is 2. The number of hydrogen-bond donors (Lipinski definition) is 0. The van der Waals surface area contributed by atoms with Crippen LogP contribution in [-0.2, 0) is 12.4 Å². The molecule has 2 aromatic rings. The van der Waals surface area contributed by atoms with E-state index in [-0.39, 0.29) is 0 Å². The highest BCUT2D eigenvalue weighted by Crippen LogP contribution is 2.49. The summed E-state index contributed by atoms with van der Waals surface area (Å²) in [6.45, 7) is 1.09. The maximum atomic E-state index is 6.11. The Hall–Kier alpha value is -0.540. The smallest absolute Gasteiger partial charge is 0.124 e. The fraction of sp³-hybridized carbons (Fsp3) is 0.562. The van der Waals surface area contributed by atoms with Gasteiger partial charge in [0, 0.05) is 11.0 Å². The van der Waals surface area contributed by atoms with Crippen LogP contribution in [0.5, 0.6) is 0 Å². The summed E-state index contributed by atoms with van der Waals surface area (Å²) in [7, 11) is 0. The van der Waals surface area contributed by atoms with Crippen molar-refractivity contribution in [2.75, 3.05) is 0 Å². The van der Waals surface area contributed by atoms with E-state index in [9.17, 15) is 0 Å². The van der Waals surface area contributed by atoms with Crippen molar-refractivity contribution >= 4 is 38.6 Å². The van der Waals surface area contributed by atoms with Crippen molar-refractivity contribution in [2.24, 2.45) is 17.8 Å². The molecule has 4 heteroatoms. The van der Waals surface area contributed by atoms with Crippen LogP contribution in [0.2, 0.25) is 0 Å². The maximum absolute atomic E-state index is 6.11. The van der Waals surface area contributed by atoms with Crippen LogP contribution in [0.15, 0.2) is 22.7 Å². The van der Waals surface area contributed by atoms with Crippen molar-refractivity contribution in [3.63, 3.8) is 0 Å². The molecular formula is C16H18BrClN2. The average molecular weight is 354 g/mol. The van der Waals surface area contributed by atoms with Crippen LogP contribution in [-0.4, -0.2) is 9.55 Å². The van der Waals surface area contributed by atoms with E-state index in [1.54, 1.807) is 0 Å². The zero-order valence-corrected chi connectivity index (χ0v) is 13.7. The monoisotopic (exact) mass is 352 g/mol. The highest BCUT2D eigenvalue weighted by atomic mass is 79.9. The van der Waals surface area contributed by atoms with Gasteiger partial charge in [-0.15, -0.1) is 11.6 Å². The van der Waals surface area contributed by atoms with Crippen LogP contribution >= 0.6 is 27.5 Å². The van der Waals surface area contributed by atoms with Crippen LogP contribution in [0.4, 0.5) is 0 Å². The van der Waals surface area contributed by atoms with Gasteiger partial charge in [0.25, 0.3) is 0 Å². The van der Waals surface area contributed by atoms with Crippen molar-refractivity contribution in [2.45, 2.75) is 38.1 Å². The number of alkyl halides is 1. The summed E-state index contributed by atoms with van der Waals surface area (Å²) >= 11 is 9.68. The quantitative estimate of drug-likeness (QED) is 0.712. The number of aromatic nitrogens is 2. The van der Waals surface area contributed by atoms with Crippen LogP contribution < -0.4 is 0 Å². The molecule has 2 aliphatic carbocycles. The standard InChI is InChI=1S/C16H18BrClN2/c17-13-3-4-14-15(7-13)20(16(8-18)19-14)9-12-6-10-1-2-11(12)5-10/h3-4,7,10-12H,1-2,5-6,8-9H2. The zero-order chi connectivity index (χ0) is 13.7. The van der Waals surface area contributed by atoms with Crippen LogP contribution in [0, 0.1) is 17.8 Å². The summed E-state index contributed by atoms with van der Waals surface area (Å²) in [5.74, 6) is 4.26. The minimum absolute atomic E-state index is 0.493. The largest absolute Gasteiger partial charge is 0.327 e. The van der Waals surface area contributed by atoms with Crippen molar-refractivity contribution < 1.29 is 0 Å². The molecule has 2 aliphatic rings. The molecule has 20 heavy (non-hydrogen) atoms. The lowest BCUT2D eigenvalue weighted by atomic mass is 9.89. The highest BCUT2D eigenvalue weighted by Gasteiger charge is 2.39. The van der Waals surface area contributed by atoms with Gasteiger partial charge >= 0.3 is 0 Å². The van der Waals surface area contributed by atoms with E-state index in [1.165, 1.54) is 31.2 Å². The summed E-state index contributed by atoms with van der Waals surface area (Å²) in [6, 6.07) is 6.30. The minimum atomic E-state index is 0.493. The molecule has 4 rings (SSSR count). The molecule has 0 aliphatic heterocycles. The molecule has 1 aromatic heterocycles. The van der Waals surface area contributed by atoms with Gasteiger partial charge in [-0.2, -0.15) is 0 Å². The average Bonchev–Trinajstić information content (AvgIpc) is 3.13. The van der Waals surface area contributed by atoms with Gasteiger partial charge in [-0.05, 0) is 55.2 Å². The van der Waals surface area contributed by atoms with Crippen molar-refractivity contribution in [3.05, 3.63) is 28.5 Å². The number of hydrogen-bond acceptors (Lipinski definition) is 1. The van der Waals surface area contributed by atoms with E-state index in [2.05, 4.69) is 43.7 Å². The second kappa shape index (κ2) is 5.03. The van der Waals surface area contributed by atoms with E-state index < -0.39 is 0 Å². The van der Waals surface area contributed by atoms with Crippen molar-refractivity contribution in [1.29, 1.82) is 0 Å². The molecule has 0 radical (unpaired) electrons. The topological polar surface area (TPSA) is 17.8 Å². The van der Waals surface area contributed by atoms with E-state index in [0.29, 0.717) is 5.88 Å². The first kappa shape index (κ1) is 13.1. The Labute approximate surface area is 132 Å². The SMILES string of the molecule is ClCc1nc2ccc(Br)cc2n1CC1CC2CCC1C2. The molecule has 2 nitrogen and oxygen atoms in total. The first-order chi connectivity index (χ1) is 9.74. The van der Waals surface area contributed by atoms with Crippen LogP contribution in [0.1, 0.15) is 31.5 Å². The molecule has 106 valence electrons. The molecular weight excluding hydrogens is 336 g/mol. The first-order valence-corrected chi connectivity index (χ1v) is 8.78. The predicted molar refractivity (Wildman–Crippen MR) is 85.9 cm³/mol. The molecule has 1 heterocycles. The van der Waals surface area contributed by atoms with E-state index in [4.69, 9.17) is 11.6 Å². The van der Waals surface area contributed by atoms with E-state index in [0.717, 1.165) is 40.1 Å². The summed E-state index contributed by atoms with van der Waals surface area (Å²) in [5, 5.41) is 0. The normalized spacial score (nSPS) is 28.6. The first-order valence-electron chi connectivity index (χ1n) is 7.45. The van der Waals surface area contributed by atoms with Crippen LogP contribution in [0.25, 0.3) is 11.0 Å². The fourth-order valence-electron chi connectivity index (χ4n) is 4.29. The lowest BCUT2D eigenvalue weighted by molar-refractivity contribution is 0.296. The summed E-state index contributed by atoms with van der Waals surface area (Å²) < 4.78 is 3.47. The van der Waals surface area contributed by atoms with E-state index >= 15 is 0 Å². The Balaban J connectivity index is 1.72. The number of halogens is 2. The molecule has 3 atom stereocenters. The number of benzene rings is 1. The number of rotatable bonds is 3. The molecule has 2 saturated carbocycles. The summed E-state index contributed by atoms with van der Waals surface area (Å²) in [6.07, 6.45) is 5.75. The second-order valence-electron chi connectivity index (χ2n) is 6.34. The Morgan fingerprint density at radius 2 is 2.20 bits per heavy atom. The van der Waals surface area contributed by atoms with Gasteiger partial charge in [0.05, 0.1) is 16.9 Å². The third-order valence-electron chi connectivity index (χ3n) is 5.21. The van der Waals surface area contributed by atoms with Gasteiger partial charge in [-0.1, -0.05) is 22.4 Å². The molecule has 0 saturated heterocycles. The van der Waals surface area contributed by atoms with Gasteiger partial charge < -0.3 is 4.57 Å². The number of fused-ring (bicyclic) bond motifs is 3. The minimum Gasteiger partial charge on any atom is -0.327 e. The molecule has 0 N–H and O–H groups in total. The van der Waals surface area contributed by atoms with Gasteiger partial charge in [0.1, 0.15) is 5.82 Å². The van der Waals surface area contributed by atoms with Gasteiger partial charge in [-0.3, -0.25) is 0 Å². The molecule has 3 unspecified atom stereocenters. The Morgan fingerprint density at radius 1 is 1.30 bits per heavy atom. The highest BCUT2D eigenvalue weighted by molar-refractivity contribution is 9.10. The lowest BCUT2D eigenvalue weighted by Gasteiger charge is -2.23. The molecule has 2 fully saturated rings. The summed E-state index contributed by atoms with van der Waals surface area (Å²) in [4.78, 5) is 4.69. The van der Waals surface area contributed by atoms with E-state index in [1.807, 2.05) is 0 Å². The molecule has 0 amide bonds. The Kier molecular flexibility index (Phi) is 3.30. The third kappa shape index (κ3) is 2.10. The summed E-state index contributed by atoms with van der Waals surface area (Å²) in [5.41, 5.74) is 2.28. The van der Waals surface area contributed by atoms with Gasteiger partial charge in [-0.25, -0.2) is 4.98 Å². The second-order valence-corrected chi connectivity index (χ2v) is 7.52. The lowest BCUT2D eigenvalue weighted by Crippen LogP contribution is -2.18. The van der Waals surface area contributed by atoms with Crippen molar-refractivity contribution in [3.8, 4) is 0 Å². The van der Waals surface area contributed by atoms with Crippen molar-refractivity contribution in [1.82, 2.24) is 9.55 Å². The molecule has 0 spiro atoms. The maximum Gasteiger partial charge on any atom is 0.124 e. The molecule has 2 bridgehead atoms. The number of imidazole rings is 1. The predicted octanol–water partition coefficient (Wildman–Crippen LogP) is 4.97. The van der Waals surface area contributed by atoms with Gasteiger partial charge in [0.15, 0.2) is 0 Å². The Bertz CT molecular complexity index is 651.